The van der Waals surface area contributed by atoms with E-state index >= 15 is 0 Å². The Morgan fingerprint density at radius 1 is 1.10 bits per heavy atom. The van der Waals surface area contributed by atoms with Crippen LogP contribution in [0.4, 0.5) is 0 Å². The Balaban J connectivity index is 1.96. The molecule has 0 unspecified atom stereocenters. The summed E-state index contributed by atoms with van der Waals surface area (Å²) in [6.45, 7) is 3.60. The molecule has 2 aromatic rings. The largest absolute Gasteiger partial charge is 0.493 e. The molecule has 1 atom stereocenters. The molecular weight excluding hydrogens is 384 g/mol. The minimum atomic E-state index is -1.06. The van der Waals surface area contributed by atoms with Gasteiger partial charge in [0.2, 0.25) is 0 Å². The molecule has 0 saturated carbocycles. The topological polar surface area (TPSA) is 97.6 Å². The van der Waals surface area contributed by atoms with Gasteiger partial charge in [-0.2, -0.15) is 5.26 Å². The van der Waals surface area contributed by atoms with Gasteiger partial charge in [0.25, 0.3) is 5.91 Å². The lowest BCUT2D eigenvalue weighted by atomic mass is 10.1. The Morgan fingerprint density at radius 3 is 2.37 bits per heavy atom. The minimum absolute atomic E-state index is 0.182. The molecule has 7 nitrogen and oxygen atoms in total. The van der Waals surface area contributed by atoms with Gasteiger partial charge in [-0.1, -0.05) is 35.9 Å². The van der Waals surface area contributed by atoms with Gasteiger partial charge in [-0.15, -0.1) is 0 Å². The van der Waals surface area contributed by atoms with Crippen LogP contribution in [-0.2, 0) is 20.9 Å². The summed E-state index contributed by atoms with van der Waals surface area (Å²) in [5.74, 6) is -0.208. The van der Waals surface area contributed by atoms with Gasteiger partial charge in [0.15, 0.2) is 17.6 Å². The normalized spacial score (nSPS) is 11.8. The number of nitrogens with one attached hydrogen (secondary N) is 1. The first-order valence-electron chi connectivity index (χ1n) is 9.26. The second-order valence-electron chi connectivity index (χ2n) is 6.54. The Labute approximate surface area is 175 Å². The van der Waals surface area contributed by atoms with E-state index in [1.54, 1.807) is 30.3 Å². The number of aryl methyl sites for hydroxylation is 1. The summed E-state index contributed by atoms with van der Waals surface area (Å²) in [5, 5.41) is 12.0. The second kappa shape index (κ2) is 10.7. The molecule has 1 amide bonds. The molecule has 0 aliphatic rings. The SMILES string of the molecule is COc1ccc(CNC(=O)[C@@H](C)OC(=O)/C(C#N)=C/c2ccc(C)cc2)cc1OC. The predicted octanol–water partition coefficient (Wildman–Crippen LogP) is 3.17. The standard InChI is InChI=1S/C23H24N2O5/c1-15-5-7-17(8-6-15)11-19(13-24)23(27)30-16(2)22(26)25-14-18-9-10-20(28-3)21(12-18)29-4/h5-12,16H,14H2,1-4H3,(H,25,26)/b19-11+/t16-/m1/s1. The van der Waals surface area contributed by atoms with Crippen molar-refractivity contribution >= 4 is 18.0 Å². The number of esters is 1. The zero-order chi connectivity index (χ0) is 22.1. The van der Waals surface area contributed by atoms with Crippen LogP contribution in [0.1, 0.15) is 23.6 Å². The van der Waals surface area contributed by atoms with Gasteiger partial charge in [0.05, 0.1) is 14.2 Å². The van der Waals surface area contributed by atoms with Crippen molar-refractivity contribution in [2.75, 3.05) is 14.2 Å². The van der Waals surface area contributed by atoms with Gasteiger partial charge in [0, 0.05) is 6.54 Å². The van der Waals surface area contributed by atoms with Crippen LogP contribution in [0.25, 0.3) is 6.08 Å². The Kier molecular flexibility index (Phi) is 8.00. The van der Waals surface area contributed by atoms with E-state index in [1.165, 1.54) is 27.2 Å². The highest BCUT2D eigenvalue weighted by Gasteiger charge is 2.20. The number of amides is 1. The number of nitriles is 1. The lowest BCUT2D eigenvalue weighted by Gasteiger charge is -2.14. The summed E-state index contributed by atoms with van der Waals surface area (Å²) in [6, 6.07) is 14.4. The third-order valence-corrected chi connectivity index (χ3v) is 4.30. The Bertz CT molecular complexity index is 974. The lowest BCUT2D eigenvalue weighted by molar-refractivity contribution is -0.150. The molecule has 0 bridgehead atoms. The van der Waals surface area contributed by atoms with Crippen molar-refractivity contribution in [3.8, 4) is 17.6 Å². The quantitative estimate of drug-likeness (QED) is 0.409. The van der Waals surface area contributed by atoms with E-state index in [0.717, 1.165) is 11.1 Å². The van der Waals surface area contributed by atoms with Crippen LogP contribution >= 0.6 is 0 Å². The molecule has 0 saturated heterocycles. The summed E-state index contributed by atoms with van der Waals surface area (Å²) in [5.41, 5.74) is 2.36. The molecule has 7 heteroatoms. The predicted molar refractivity (Wildman–Crippen MR) is 112 cm³/mol. The lowest BCUT2D eigenvalue weighted by Crippen LogP contribution is -2.35. The molecule has 2 aromatic carbocycles. The van der Waals surface area contributed by atoms with Gasteiger partial charge >= 0.3 is 5.97 Å². The van der Waals surface area contributed by atoms with Crippen molar-refractivity contribution in [2.45, 2.75) is 26.5 Å². The van der Waals surface area contributed by atoms with Gasteiger partial charge in [-0.05, 0) is 43.2 Å². The van der Waals surface area contributed by atoms with Gasteiger partial charge in [-0.3, -0.25) is 4.79 Å². The summed E-state index contributed by atoms with van der Waals surface area (Å²) in [4.78, 5) is 24.6. The maximum Gasteiger partial charge on any atom is 0.349 e. The van der Waals surface area contributed by atoms with Crippen molar-refractivity contribution in [2.24, 2.45) is 0 Å². The molecule has 156 valence electrons. The number of hydrogen-bond donors (Lipinski definition) is 1. The first-order chi connectivity index (χ1) is 14.4. The number of hydrogen-bond acceptors (Lipinski definition) is 6. The third kappa shape index (κ3) is 6.11. The van der Waals surface area contributed by atoms with Gasteiger partial charge < -0.3 is 19.5 Å². The fourth-order valence-electron chi connectivity index (χ4n) is 2.57. The molecule has 0 aromatic heterocycles. The van der Waals surface area contributed by atoms with Crippen molar-refractivity contribution < 1.29 is 23.8 Å². The average molecular weight is 408 g/mol. The van der Waals surface area contributed by atoms with Crippen LogP contribution in [-0.4, -0.2) is 32.2 Å². The molecular formula is C23H24N2O5. The highest BCUT2D eigenvalue weighted by Crippen LogP contribution is 2.27. The monoisotopic (exact) mass is 408 g/mol. The first-order valence-corrected chi connectivity index (χ1v) is 9.26. The van der Waals surface area contributed by atoms with Crippen LogP contribution in [0.2, 0.25) is 0 Å². The smallest absolute Gasteiger partial charge is 0.349 e. The maximum atomic E-state index is 12.3. The fraction of sp³-hybridized carbons (Fsp3) is 0.261. The van der Waals surface area contributed by atoms with Crippen molar-refractivity contribution in [1.82, 2.24) is 5.32 Å². The number of carbonyl (C=O) groups excluding carboxylic acids is 2. The molecule has 0 aliphatic carbocycles. The van der Waals surface area contributed by atoms with Crippen molar-refractivity contribution in [1.29, 1.82) is 5.26 Å². The van der Waals surface area contributed by atoms with E-state index in [1.807, 2.05) is 25.1 Å². The number of nitrogens with zero attached hydrogens (tertiary/aromatic N) is 1. The summed E-state index contributed by atoms with van der Waals surface area (Å²) < 4.78 is 15.6. The molecule has 0 heterocycles. The maximum absolute atomic E-state index is 12.3. The van der Waals surface area contributed by atoms with E-state index in [0.29, 0.717) is 17.1 Å². The Hall–Kier alpha value is -3.79. The number of rotatable bonds is 8. The van der Waals surface area contributed by atoms with Crippen molar-refractivity contribution in [3.05, 3.63) is 64.7 Å². The highest BCUT2D eigenvalue weighted by atomic mass is 16.5. The molecule has 30 heavy (non-hydrogen) atoms. The van der Waals surface area contributed by atoms with E-state index in [2.05, 4.69) is 5.32 Å². The average Bonchev–Trinajstić information content (AvgIpc) is 2.76. The number of methoxy groups -OCH3 is 2. The molecule has 0 radical (unpaired) electrons. The minimum Gasteiger partial charge on any atom is -0.493 e. The number of ether oxygens (including phenoxy) is 3. The summed E-state index contributed by atoms with van der Waals surface area (Å²) in [7, 11) is 3.07. The fourth-order valence-corrected chi connectivity index (χ4v) is 2.57. The van der Waals surface area contributed by atoms with Gasteiger partial charge in [0.1, 0.15) is 11.6 Å². The van der Waals surface area contributed by atoms with Crippen LogP contribution < -0.4 is 14.8 Å². The summed E-state index contributed by atoms with van der Waals surface area (Å²) >= 11 is 0. The molecule has 1 N–H and O–H groups in total. The summed E-state index contributed by atoms with van der Waals surface area (Å²) in [6.07, 6.45) is 0.364. The Morgan fingerprint density at radius 2 is 1.77 bits per heavy atom. The zero-order valence-electron chi connectivity index (χ0n) is 17.4. The number of benzene rings is 2. The highest BCUT2D eigenvalue weighted by molar-refractivity contribution is 5.99. The molecule has 2 rings (SSSR count). The van der Waals surface area contributed by atoms with Gasteiger partial charge in [-0.25, -0.2) is 4.79 Å². The third-order valence-electron chi connectivity index (χ3n) is 4.30. The van der Waals surface area contributed by atoms with Crippen LogP contribution in [0, 0.1) is 18.3 Å². The molecule has 0 fully saturated rings. The zero-order valence-corrected chi connectivity index (χ0v) is 17.4. The first kappa shape index (κ1) is 22.5. The van der Waals surface area contributed by atoms with Crippen LogP contribution in [0.5, 0.6) is 11.5 Å². The van der Waals surface area contributed by atoms with Crippen LogP contribution in [0.3, 0.4) is 0 Å². The van der Waals surface area contributed by atoms with Crippen LogP contribution in [0.15, 0.2) is 48.0 Å². The molecule has 0 spiro atoms. The van der Waals surface area contributed by atoms with Crippen molar-refractivity contribution in [3.63, 3.8) is 0 Å². The number of carbonyl (C=O) groups is 2. The van der Waals surface area contributed by atoms with E-state index < -0.39 is 18.0 Å². The van der Waals surface area contributed by atoms with E-state index in [9.17, 15) is 14.9 Å². The van der Waals surface area contributed by atoms with E-state index in [-0.39, 0.29) is 12.1 Å². The molecule has 0 aliphatic heterocycles. The van der Waals surface area contributed by atoms with E-state index in [4.69, 9.17) is 14.2 Å². The second-order valence-corrected chi connectivity index (χ2v) is 6.54.